The average Bonchev–Trinajstić information content (AvgIpc) is 2.19. The van der Waals surface area contributed by atoms with E-state index in [1.165, 1.54) is 6.26 Å². The van der Waals surface area contributed by atoms with Gasteiger partial charge in [0.25, 0.3) is 0 Å². The lowest BCUT2D eigenvalue weighted by molar-refractivity contribution is 0.317. The molecule has 0 spiro atoms. The third-order valence-corrected chi connectivity index (χ3v) is 3.53. The van der Waals surface area contributed by atoms with E-state index in [-0.39, 0.29) is 18.2 Å². The summed E-state index contributed by atoms with van der Waals surface area (Å²) in [5.74, 6) is 0.891. The highest BCUT2D eigenvalue weighted by molar-refractivity contribution is 7.90. The molecule has 1 rings (SSSR count). The van der Waals surface area contributed by atoms with Gasteiger partial charge < -0.3 is 10.5 Å². The Kier molecular flexibility index (Phi) is 6.49. The summed E-state index contributed by atoms with van der Waals surface area (Å²) in [5.41, 5.74) is 8.55. The molecule has 0 radical (unpaired) electrons. The van der Waals surface area contributed by atoms with Crippen LogP contribution in [0.4, 0.5) is 5.69 Å². The number of rotatable bonds is 5. The van der Waals surface area contributed by atoms with E-state index in [9.17, 15) is 8.42 Å². The Morgan fingerprint density at radius 3 is 2.17 bits per heavy atom. The van der Waals surface area contributed by atoms with Gasteiger partial charge in [-0.3, -0.25) is 0 Å². The molecular weight excluding hydrogens is 274 g/mol. The van der Waals surface area contributed by atoms with Crippen molar-refractivity contribution in [2.75, 3.05) is 24.3 Å². The molecule has 0 bridgehead atoms. The number of sulfone groups is 1. The second kappa shape index (κ2) is 6.85. The number of hydrogen-bond acceptors (Lipinski definition) is 4. The van der Waals surface area contributed by atoms with Crippen LogP contribution < -0.4 is 10.5 Å². The maximum atomic E-state index is 10.9. The molecule has 2 N–H and O–H groups in total. The first-order valence-electron chi connectivity index (χ1n) is 5.47. The van der Waals surface area contributed by atoms with E-state index < -0.39 is 9.84 Å². The molecule has 0 amide bonds. The van der Waals surface area contributed by atoms with Crippen LogP contribution in [0.1, 0.15) is 17.5 Å². The highest BCUT2D eigenvalue weighted by Gasteiger charge is 2.04. The first-order chi connectivity index (χ1) is 7.79. The van der Waals surface area contributed by atoms with Gasteiger partial charge in [0.1, 0.15) is 15.6 Å². The molecule has 6 heteroatoms. The monoisotopic (exact) mass is 293 g/mol. The molecule has 0 unspecified atom stereocenters. The molecule has 0 aliphatic carbocycles. The van der Waals surface area contributed by atoms with Crippen molar-refractivity contribution in [2.45, 2.75) is 20.3 Å². The second-order valence-corrected chi connectivity index (χ2v) is 6.56. The lowest BCUT2D eigenvalue weighted by Gasteiger charge is -2.10. The molecule has 0 saturated carbocycles. The Morgan fingerprint density at radius 2 is 1.72 bits per heavy atom. The van der Waals surface area contributed by atoms with E-state index in [4.69, 9.17) is 10.5 Å². The highest BCUT2D eigenvalue weighted by Crippen LogP contribution is 2.23. The standard InChI is InChI=1S/C12H19NO3S.ClH/c1-9-7-11(8-10(2)12(9)13)16-5-4-6-17(3,14)15;/h7-8H,4-6,13H2,1-3H3;1H. The van der Waals surface area contributed by atoms with Gasteiger partial charge in [-0.1, -0.05) is 0 Å². The molecule has 1 aromatic rings. The van der Waals surface area contributed by atoms with Crippen molar-refractivity contribution in [3.63, 3.8) is 0 Å². The normalized spacial score (nSPS) is 10.8. The van der Waals surface area contributed by atoms with Crippen LogP contribution in [0.15, 0.2) is 12.1 Å². The van der Waals surface area contributed by atoms with Crippen LogP contribution in [0.3, 0.4) is 0 Å². The molecule has 104 valence electrons. The largest absolute Gasteiger partial charge is 0.494 e. The molecular formula is C12H20ClNO3S. The minimum Gasteiger partial charge on any atom is -0.494 e. The lowest BCUT2D eigenvalue weighted by Crippen LogP contribution is -2.08. The zero-order chi connectivity index (χ0) is 13.1. The van der Waals surface area contributed by atoms with E-state index in [2.05, 4.69) is 0 Å². The van der Waals surface area contributed by atoms with Crippen molar-refractivity contribution >= 4 is 27.9 Å². The van der Waals surface area contributed by atoms with Crippen molar-refractivity contribution in [3.8, 4) is 5.75 Å². The number of benzene rings is 1. The van der Waals surface area contributed by atoms with Gasteiger partial charge in [0.15, 0.2) is 0 Å². The summed E-state index contributed by atoms with van der Waals surface area (Å²) < 4.78 is 27.3. The van der Waals surface area contributed by atoms with E-state index in [1.54, 1.807) is 0 Å². The van der Waals surface area contributed by atoms with E-state index in [1.807, 2.05) is 26.0 Å². The van der Waals surface area contributed by atoms with Crippen LogP contribution in [0.25, 0.3) is 0 Å². The van der Waals surface area contributed by atoms with Crippen molar-refractivity contribution in [1.82, 2.24) is 0 Å². The fraction of sp³-hybridized carbons (Fsp3) is 0.500. The van der Waals surface area contributed by atoms with Crippen LogP contribution in [-0.4, -0.2) is 27.0 Å². The van der Waals surface area contributed by atoms with E-state index in [0.29, 0.717) is 13.0 Å². The van der Waals surface area contributed by atoms with Gasteiger partial charge in [-0.05, 0) is 43.5 Å². The number of nitrogen functional groups attached to an aromatic ring is 1. The van der Waals surface area contributed by atoms with Gasteiger partial charge in [-0.15, -0.1) is 12.4 Å². The van der Waals surface area contributed by atoms with Crippen LogP contribution >= 0.6 is 12.4 Å². The Morgan fingerprint density at radius 1 is 1.22 bits per heavy atom. The molecule has 0 aliphatic heterocycles. The van der Waals surface area contributed by atoms with E-state index in [0.717, 1.165) is 22.6 Å². The fourth-order valence-electron chi connectivity index (χ4n) is 1.53. The SMILES string of the molecule is Cc1cc(OCCCS(C)(=O)=O)cc(C)c1N.Cl. The van der Waals surface area contributed by atoms with Gasteiger partial charge in [0.2, 0.25) is 0 Å². The van der Waals surface area contributed by atoms with Gasteiger partial charge in [0.05, 0.1) is 12.4 Å². The Balaban J connectivity index is 0.00000289. The molecule has 0 fully saturated rings. The predicted molar refractivity (Wildman–Crippen MR) is 77.4 cm³/mol. The number of ether oxygens (including phenoxy) is 1. The average molecular weight is 294 g/mol. The summed E-state index contributed by atoms with van der Waals surface area (Å²) in [7, 11) is -2.90. The number of anilines is 1. The van der Waals surface area contributed by atoms with Gasteiger partial charge in [-0.2, -0.15) is 0 Å². The third-order valence-electron chi connectivity index (χ3n) is 2.50. The van der Waals surface area contributed by atoms with Crippen LogP contribution in [-0.2, 0) is 9.84 Å². The minimum atomic E-state index is -2.90. The number of hydrogen-bond donors (Lipinski definition) is 1. The topological polar surface area (TPSA) is 69.4 Å². The summed E-state index contributed by atoms with van der Waals surface area (Å²) in [4.78, 5) is 0. The summed E-state index contributed by atoms with van der Waals surface area (Å²) >= 11 is 0. The van der Waals surface area contributed by atoms with Gasteiger partial charge in [-0.25, -0.2) is 8.42 Å². The molecule has 0 atom stereocenters. The lowest BCUT2D eigenvalue weighted by atomic mass is 10.1. The summed E-state index contributed by atoms with van der Waals surface area (Å²) in [6, 6.07) is 3.73. The Bertz CT molecular complexity index is 477. The summed E-state index contributed by atoms with van der Waals surface area (Å²) in [5, 5.41) is 0. The molecule has 0 heterocycles. The molecule has 4 nitrogen and oxygen atoms in total. The molecule has 0 saturated heterocycles. The van der Waals surface area contributed by atoms with Gasteiger partial charge >= 0.3 is 0 Å². The van der Waals surface area contributed by atoms with Crippen LogP contribution in [0.2, 0.25) is 0 Å². The quantitative estimate of drug-likeness (QED) is 0.667. The molecule has 0 aliphatic rings. The van der Waals surface area contributed by atoms with Crippen molar-refractivity contribution in [3.05, 3.63) is 23.3 Å². The maximum absolute atomic E-state index is 10.9. The van der Waals surface area contributed by atoms with Crippen molar-refractivity contribution in [2.24, 2.45) is 0 Å². The van der Waals surface area contributed by atoms with Crippen LogP contribution in [0.5, 0.6) is 5.75 Å². The van der Waals surface area contributed by atoms with Crippen molar-refractivity contribution < 1.29 is 13.2 Å². The first kappa shape index (κ1) is 17.1. The summed E-state index contributed by atoms with van der Waals surface area (Å²) in [6.07, 6.45) is 1.73. The minimum absolute atomic E-state index is 0. The highest BCUT2D eigenvalue weighted by atomic mass is 35.5. The number of aryl methyl sites for hydroxylation is 2. The second-order valence-electron chi connectivity index (χ2n) is 4.30. The first-order valence-corrected chi connectivity index (χ1v) is 7.53. The molecule has 0 aromatic heterocycles. The van der Waals surface area contributed by atoms with Gasteiger partial charge in [0, 0.05) is 11.9 Å². The smallest absolute Gasteiger partial charge is 0.147 e. The zero-order valence-electron chi connectivity index (χ0n) is 10.9. The third kappa shape index (κ3) is 5.60. The molecule has 1 aromatic carbocycles. The Hall–Kier alpha value is -0.940. The molecule has 18 heavy (non-hydrogen) atoms. The zero-order valence-corrected chi connectivity index (χ0v) is 12.5. The number of halogens is 1. The summed E-state index contributed by atoms with van der Waals surface area (Å²) in [6.45, 7) is 4.24. The predicted octanol–water partition coefficient (Wildman–Crippen LogP) is 2.12. The van der Waals surface area contributed by atoms with Crippen molar-refractivity contribution in [1.29, 1.82) is 0 Å². The maximum Gasteiger partial charge on any atom is 0.147 e. The number of nitrogens with two attached hydrogens (primary N) is 1. The van der Waals surface area contributed by atoms with Crippen LogP contribution in [0, 0.1) is 13.8 Å². The fourth-order valence-corrected chi connectivity index (χ4v) is 2.17. The van der Waals surface area contributed by atoms with E-state index >= 15 is 0 Å². The Labute approximate surface area is 115 Å².